The average molecular weight is 449 g/mol. The quantitative estimate of drug-likeness (QED) is 0.462. The lowest BCUT2D eigenvalue weighted by atomic mass is 10.1. The van der Waals surface area contributed by atoms with Crippen LogP contribution in [0.5, 0.6) is 5.75 Å². The molecule has 0 amide bonds. The van der Waals surface area contributed by atoms with Crippen LogP contribution in [0.1, 0.15) is 37.5 Å². The first-order valence-electron chi connectivity index (χ1n) is 9.90. The number of benzene rings is 1. The van der Waals surface area contributed by atoms with Crippen molar-refractivity contribution in [1.82, 2.24) is 19.7 Å². The van der Waals surface area contributed by atoms with E-state index in [2.05, 4.69) is 28.2 Å². The largest absolute Gasteiger partial charge is 0.484 e. The number of likely N-dealkylation sites (tertiary alicyclic amines) is 1. The van der Waals surface area contributed by atoms with Gasteiger partial charge in [0.15, 0.2) is 0 Å². The van der Waals surface area contributed by atoms with E-state index < -0.39 is 11.9 Å². The summed E-state index contributed by atoms with van der Waals surface area (Å²) >= 11 is 12.3. The molecule has 3 aromatic rings. The molecule has 3 heterocycles. The number of aromatic nitrogens is 3. The summed E-state index contributed by atoms with van der Waals surface area (Å²) in [6.45, 7) is 3.93. The maximum atomic E-state index is 13.9. The van der Waals surface area contributed by atoms with Gasteiger partial charge in [-0.3, -0.25) is 9.67 Å². The molecule has 2 aromatic heterocycles. The van der Waals surface area contributed by atoms with Crippen molar-refractivity contribution < 1.29 is 9.13 Å². The Labute approximate surface area is 185 Å². The van der Waals surface area contributed by atoms with E-state index in [1.165, 1.54) is 12.1 Å². The lowest BCUT2D eigenvalue weighted by Gasteiger charge is -2.28. The van der Waals surface area contributed by atoms with Gasteiger partial charge in [0.25, 0.3) is 0 Å². The zero-order chi connectivity index (χ0) is 21.3. The molecule has 0 spiro atoms. The minimum absolute atomic E-state index is 0.0292. The number of hydrogen-bond donors (Lipinski definition) is 0. The van der Waals surface area contributed by atoms with Crippen molar-refractivity contribution in [3.63, 3.8) is 0 Å². The van der Waals surface area contributed by atoms with Crippen LogP contribution in [0.2, 0.25) is 10.0 Å². The zero-order valence-electron chi connectivity index (χ0n) is 16.9. The second kappa shape index (κ2) is 8.92. The molecule has 0 saturated carbocycles. The van der Waals surface area contributed by atoms with E-state index in [-0.39, 0.29) is 5.02 Å². The molecule has 1 aliphatic rings. The van der Waals surface area contributed by atoms with E-state index in [1.54, 1.807) is 19.3 Å². The first kappa shape index (κ1) is 21.1. The molecular weight excluding hydrogens is 426 g/mol. The van der Waals surface area contributed by atoms with E-state index in [9.17, 15) is 4.39 Å². The normalized spacial score (nSPS) is 16.6. The molecule has 4 rings (SSSR count). The monoisotopic (exact) mass is 448 g/mol. The summed E-state index contributed by atoms with van der Waals surface area (Å²) in [4.78, 5) is 6.63. The van der Waals surface area contributed by atoms with Gasteiger partial charge in [-0.15, -0.1) is 0 Å². The Kier molecular flexibility index (Phi) is 6.27. The van der Waals surface area contributed by atoms with Gasteiger partial charge in [-0.05, 0) is 58.1 Å². The minimum Gasteiger partial charge on any atom is -0.484 e. The van der Waals surface area contributed by atoms with Crippen molar-refractivity contribution in [3.05, 3.63) is 64.4 Å². The lowest BCUT2D eigenvalue weighted by Crippen LogP contribution is -2.31. The number of rotatable bonds is 5. The van der Waals surface area contributed by atoms with Crippen LogP contribution in [0.3, 0.4) is 0 Å². The van der Waals surface area contributed by atoms with E-state index in [0.717, 1.165) is 37.1 Å². The summed E-state index contributed by atoms with van der Waals surface area (Å²) in [5.74, 6) is 0.0168. The highest BCUT2D eigenvalue weighted by atomic mass is 35.5. The third-order valence-corrected chi connectivity index (χ3v) is 6.22. The molecule has 1 aliphatic heterocycles. The number of pyridine rings is 1. The molecule has 158 valence electrons. The fourth-order valence-electron chi connectivity index (χ4n) is 3.77. The Morgan fingerprint density at radius 1 is 1.13 bits per heavy atom. The standard InChI is InChI=1S/C22H23Cl2FN4O/c1-14(21-19(23)3-4-20(25)22(21)24)30-18-9-15(10-26-12-18)16-11-27-29(13-16)17-5-7-28(2)8-6-17/h3-4,9-14,17H,5-8H2,1-2H3/t14-/m0/s1. The van der Waals surface area contributed by atoms with Crippen molar-refractivity contribution >= 4 is 23.2 Å². The molecule has 0 unspecified atom stereocenters. The summed E-state index contributed by atoms with van der Waals surface area (Å²) in [6.07, 6.45) is 8.93. The van der Waals surface area contributed by atoms with Gasteiger partial charge in [0.05, 0.1) is 23.5 Å². The van der Waals surface area contributed by atoms with Gasteiger partial charge < -0.3 is 9.64 Å². The highest BCUT2D eigenvalue weighted by Crippen LogP contribution is 2.35. The maximum Gasteiger partial charge on any atom is 0.142 e. The fraction of sp³-hybridized carbons (Fsp3) is 0.364. The molecule has 1 saturated heterocycles. The van der Waals surface area contributed by atoms with Crippen LogP contribution in [0, 0.1) is 5.82 Å². The first-order valence-corrected chi connectivity index (χ1v) is 10.7. The first-order chi connectivity index (χ1) is 14.4. The number of piperidine rings is 1. The molecule has 0 radical (unpaired) electrons. The third kappa shape index (κ3) is 4.46. The minimum atomic E-state index is -0.542. The van der Waals surface area contributed by atoms with Gasteiger partial charge in [-0.1, -0.05) is 23.2 Å². The van der Waals surface area contributed by atoms with Gasteiger partial charge in [0.1, 0.15) is 17.7 Å². The zero-order valence-corrected chi connectivity index (χ0v) is 18.4. The highest BCUT2D eigenvalue weighted by molar-refractivity contribution is 6.36. The van der Waals surface area contributed by atoms with Crippen LogP contribution < -0.4 is 4.74 Å². The van der Waals surface area contributed by atoms with E-state index in [0.29, 0.717) is 22.4 Å². The smallest absolute Gasteiger partial charge is 0.142 e. The summed E-state index contributed by atoms with van der Waals surface area (Å²) in [5, 5.41) is 4.89. The number of halogens is 3. The number of hydrogen-bond acceptors (Lipinski definition) is 4. The van der Waals surface area contributed by atoms with E-state index in [1.807, 2.05) is 16.9 Å². The SMILES string of the molecule is C[C@H](Oc1cncc(-c2cnn(C3CCN(C)CC3)c2)c1)c1c(Cl)ccc(F)c1Cl. The Balaban J connectivity index is 1.52. The van der Waals surface area contributed by atoms with Crippen LogP contribution in [-0.2, 0) is 0 Å². The summed E-state index contributed by atoms with van der Waals surface area (Å²) in [5.41, 5.74) is 2.29. The highest BCUT2D eigenvalue weighted by Gasteiger charge is 2.20. The van der Waals surface area contributed by atoms with Gasteiger partial charge in [-0.2, -0.15) is 5.10 Å². The lowest BCUT2D eigenvalue weighted by molar-refractivity contribution is 0.212. The molecule has 8 heteroatoms. The van der Waals surface area contributed by atoms with Gasteiger partial charge in [0.2, 0.25) is 0 Å². The summed E-state index contributed by atoms with van der Waals surface area (Å²) in [6, 6.07) is 5.02. The second-order valence-electron chi connectivity index (χ2n) is 7.67. The van der Waals surface area contributed by atoms with Gasteiger partial charge >= 0.3 is 0 Å². The Bertz CT molecular complexity index is 1030. The number of nitrogens with zero attached hydrogens (tertiary/aromatic N) is 4. The van der Waals surface area contributed by atoms with Crippen molar-refractivity contribution in [1.29, 1.82) is 0 Å². The predicted molar refractivity (Wildman–Crippen MR) is 117 cm³/mol. The van der Waals surface area contributed by atoms with Crippen molar-refractivity contribution in [2.75, 3.05) is 20.1 Å². The molecule has 0 bridgehead atoms. The molecule has 1 fully saturated rings. The molecular formula is C22H23Cl2FN4O. The fourth-order valence-corrected chi connectivity index (χ4v) is 4.44. The summed E-state index contributed by atoms with van der Waals surface area (Å²) in [7, 11) is 2.15. The van der Waals surface area contributed by atoms with E-state index >= 15 is 0 Å². The van der Waals surface area contributed by atoms with Crippen LogP contribution in [-0.4, -0.2) is 39.8 Å². The molecule has 1 atom stereocenters. The number of ether oxygens (including phenoxy) is 1. The van der Waals surface area contributed by atoms with Crippen molar-refractivity contribution in [3.8, 4) is 16.9 Å². The Hall–Kier alpha value is -2.15. The second-order valence-corrected chi connectivity index (χ2v) is 8.45. The predicted octanol–water partition coefficient (Wildman–Crippen LogP) is 5.80. The molecule has 5 nitrogen and oxygen atoms in total. The maximum absolute atomic E-state index is 13.9. The van der Waals surface area contributed by atoms with Crippen molar-refractivity contribution in [2.45, 2.75) is 31.9 Å². The molecule has 0 N–H and O–H groups in total. The van der Waals surface area contributed by atoms with Gasteiger partial charge in [0, 0.05) is 34.1 Å². The Morgan fingerprint density at radius 2 is 1.90 bits per heavy atom. The molecule has 1 aromatic carbocycles. The average Bonchev–Trinajstić information content (AvgIpc) is 3.22. The van der Waals surface area contributed by atoms with Crippen molar-refractivity contribution in [2.24, 2.45) is 0 Å². The van der Waals surface area contributed by atoms with Gasteiger partial charge in [-0.25, -0.2) is 4.39 Å². The molecule has 30 heavy (non-hydrogen) atoms. The third-order valence-electron chi connectivity index (χ3n) is 5.51. The van der Waals surface area contributed by atoms with Crippen LogP contribution in [0.4, 0.5) is 4.39 Å². The topological polar surface area (TPSA) is 43.2 Å². The Morgan fingerprint density at radius 3 is 2.67 bits per heavy atom. The van der Waals surface area contributed by atoms with E-state index in [4.69, 9.17) is 27.9 Å². The summed E-state index contributed by atoms with van der Waals surface area (Å²) < 4.78 is 21.9. The van der Waals surface area contributed by atoms with Crippen LogP contribution in [0.15, 0.2) is 43.0 Å². The van der Waals surface area contributed by atoms with Crippen LogP contribution in [0.25, 0.3) is 11.1 Å². The molecule has 0 aliphatic carbocycles. The van der Waals surface area contributed by atoms with Crippen LogP contribution >= 0.6 is 23.2 Å².